The zero-order valence-corrected chi connectivity index (χ0v) is 12.8. The van der Waals surface area contributed by atoms with E-state index in [1.165, 1.54) is 0 Å². The number of carbonyl (C=O) groups excluding carboxylic acids is 1. The van der Waals surface area contributed by atoms with E-state index >= 15 is 0 Å². The molecule has 0 saturated carbocycles. The summed E-state index contributed by atoms with van der Waals surface area (Å²) in [5.74, 6) is 0.956. The Balaban J connectivity index is 1.56. The van der Waals surface area contributed by atoms with Crippen molar-refractivity contribution in [2.75, 3.05) is 36.4 Å². The summed E-state index contributed by atoms with van der Waals surface area (Å²) < 4.78 is 0. The third-order valence-corrected chi connectivity index (χ3v) is 3.85. The molecule has 0 unspecified atom stereocenters. The van der Waals surface area contributed by atoms with Gasteiger partial charge in [0.05, 0.1) is 0 Å². The van der Waals surface area contributed by atoms with E-state index in [4.69, 9.17) is 11.6 Å². The molecule has 114 valence electrons. The first-order chi connectivity index (χ1) is 10.7. The average Bonchev–Trinajstić information content (AvgIpc) is 2.56. The van der Waals surface area contributed by atoms with Gasteiger partial charge in [-0.05, 0) is 30.3 Å². The van der Waals surface area contributed by atoms with E-state index in [1.54, 1.807) is 23.2 Å². The summed E-state index contributed by atoms with van der Waals surface area (Å²) in [6, 6.07) is 12.9. The van der Waals surface area contributed by atoms with Gasteiger partial charge in [0.1, 0.15) is 5.82 Å². The number of hydrogen-bond donors (Lipinski definition) is 1. The molecule has 22 heavy (non-hydrogen) atoms. The van der Waals surface area contributed by atoms with E-state index in [0.717, 1.165) is 18.9 Å². The van der Waals surface area contributed by atoms with E-state index in [-0.39, 0.29) is 6.03 Å². The number of nitrogens with one attached hydrogen (secondary N) is 1. The summed E-state index contributed by atoms with van der Waals surface area (Å²) in [5.41, 5.74) is 0.713. The highest BCUT2D eigenvalue weighted by atomic mass is 35.5. The summed E-state index contributed by atoms with van der Waals surface area (Å²) >= 11 is 5.92. The topological polar surface area (TPSA) is 48.5 Å². The Morgan fingerprint density at radius 2 is 1.91 bits per heavy atom. The normalized spacial score (nSPS) is 14.8. The second-order valence-electron chi connectivity index (χ2n) is 5.10. The van der Waals surface area contributed by atoms with Crippen LogP contribution in [0.4, 0.5) is 16.3 Å². The first-order valence-corrected chi connectivity index (χ1v) is 7.58. The molecule has 1 saturated heterocycles. The fraction of sp³-hybridized carbons (Fsp3) is 0.250. The van der Waals surface area contributed by atoms with E-state index in [1.807, 2.05) is 30.3 Å². The standard InChI is InChI=1S/C16H17ClN4O/c17-13-4-3-5-14(12-13)19-16(22)21-10-8-20(9-11-21)15-6-1-2-7-18-15/h1-7,12H,8-11H2,(H,19,22). The Labute approximate surface area is 134 Å². The number of benzene rings is 1. The Kier molecular flexibility index (Phi) is 4.44. The molecule has 0 bridgehead atoms. The van der Waals surface area contributed by atoms with E-state index in [2.05, 4.69) is 15.2 Å². The molecule has 1 N–H and O–H groups in total. The summed E-state index contributed by atoms with van der Waals surface area (Å²) in [6.07, 6.45) is 1.79. The zero-order valence-electron chi connectivity index (χ0n) is 12.1. The van der Waals surface area contributed by atoms with Gasteiger partial charge in [-0.15, -0.1) is 0 Å². The number of nitrogens with zero attached hydrogens (tertiary/aromatic N) is 3. The van der Waals surface area contributed by atoms with Crippen LogP contribution in [0, 0.1) is 0 Å². The molecular weight excluding hydrogens is 300 g/mol. The van der Waals surface area contributed by atoms with Crippen LogP contribution in [0.25, 0.3) is 0 Å². The van der Waals surface area contributed by atoms with Crippen molar-refractivity contribution in [1.82, 2.24) is 9.88 Å². The van der Waals surface area contributed by atoms with Crippen molar-refractivity contribution in [2.24, 2.45) is 0 Å². The second-order valence-corrected chi connectivity index (χ2v) is 5.54. The highest BCUT2D eigenvalue weighted by Gasteiger charge is 2.21. The molecule has 1 aromatic heterocycles. The van der Waals surface area contributed by atoms with Gasteiger partial charge in [-0.2, -0.15) is 0 Å². The number of pyridine rings is 1. The van der Waals surface area contributed by atoms with Crippen molar-refractivity contribution < 1.29 is 4.79 Å². The molecule has 1 aromatic carbocycles. The molecule has 1 aliphatic heterocycles. The SMILES string of the molecule is O=C(Nc1cccc(Cl)c1)N1CCN(c2ccccn2)CC1. The summed E-state index contributed by atoms with van der Waals surface area (Å²) in [4.78, 5) is 20.6. The van der Waals surface area contributed by atoms with Gasteiger partial charge in [-0.3, -0.25) is 0 Å². The molecule has 1 aliphatic rings. The van der Waals surface area contributed by atoms with Crippen LogP contribution in [-0.2, 0) is 0 Å². The van der Waals surface area contributed by atoms with Gasteiger partial charge in [0.25, 0.3) is 0 Å². The number of amides is 2. The minimum atomic E-state index is -0.0945. The number of carbonyl (C=O) groups is 1. The highest BCUT2D eigenvalue weighted by Crippen LogP contribution is 2.17. The second kappa shape index (κ2) is 6.66. The number of aromatic nitrogens is 1. The minimum Gasteiger partial charge on any atom is -0.353 e. The Morgan fingerprint density at radius 1 is 1.09 bits per heavy atom. The summed E-state index contributed by atoms with van der Waals surface area (Å²) in [6.45, 7) is 2.89. The highest BCUT2D eigenvalue weighted by molar-refractivity contribution is 6.30. The molecule has 3 rings (SSSR count). The van der Waals surface area contributed by atoms with Crippen LogP contribution in [0.3, 0.4) is 0 Å². The average molecular weight is 317 g/mol. The Morgan fingerprint density at radius 3 is 2.59 bits per heavy atom. The molecule has 0 aliphatic carbocycles. The van der Waals surface area contributed by atoms with Gasteiger partial charge in [0, 0.05) is 43.1 Å². The minimum absolute atomic E-state index is 0.0945. The van der Waals surface area contributed by atoms with Crippen LogP contribution < -0.4 is 10.2 Å². The quantitative estimate of drug-likeness (QED) is 0.926. The lowest BCUT2D eigenvalue weighted by Gasteiger charge is -2.35. The predicted octanol–water partition coefficient (Wildman–Crippen LogP) is 3.09. The van der Waals surface area contributed by atoms with E-state index < -0.39 is 0 Å². The maximum atomic E-state index is 12.3. The Hall–Kier alpha value is -2.27. The van der Waals surface area contributed by atoms with Crippen LogP contribution in [0.2, 0.25) is 5.02 Å². The molecule has 1 fully saturated rings. The number of anilines is 2. The van der Waals surface area contributed by atoms with Crippen molar-refractivity contribution in [3.63, 3.8) is 0 Å². The monoisotopic (exact) mass is 316 g/mol. The van der Waals surface area contributed by atoms with Crippen LogP contribution in [-0.4, -0.2) is 42.1 Å². The molecule has 0 spiro atoms. The summed E-state index contributed by atoms with van der Waals surface area (Å²) in [5, 5.41) is 3.48. The van der Waals surface area contributed by atoms with E-state index in [0.29, 0.717) is 23.8 Å². The van der Waals surface area contributed by atoms with Gasteiger partial charge < -0.3 is 15.1 Å². The van der Waals surface area contributed by atoms with Crippen LogP contribution in [0.5, 0.6) is 0 Å². The molecule has 5 nitrogen and oxygen atoms in total. The number of urea groups is 1. The molecule has 2 heterocycles. The molecule has 0 atom stereocenters. The molecule has 0 radical (unpaired) electrons. The lowest BCUT2D eigenvalue weighted by Crippen LogP contribution is -2.50. The maximum Gasteiger partial charge on any atom is 0.321 e. The smallest absolute Gasteiger partial charge is 0.321 e. The van der Waals surface area contributed by atoms with Crippen molar-refractivity contribution in [3.8, 4) is 0 Å². The predicted molar refractivity (Wildman–Crippen MR) is 88.5 cm³/mol. The fourth-order valence-electron chi connectivity index (χ4n) is 2.45. The fourth-order valence-corrected chi connectivity index (χ4v) is 2.64. The number of piperazine rings is 1. The number of hydrogen-bond acceptors (Lipinski definition) is 3. The van der Waals surface area contributed by atoms with Crippen molar-refractivity contribution in [1.29, 1.82) is 0 Å². The Bertz CT molecular complexity index is 642. The lowest BCUT2D eigenvalue weighted by molar-refractivity contribution is 0.208. The van der Waals surface area contributed by atoms with Crippen LogP contribution in [0.1, 0.15) is 0 Å². The molecule has 6 heteroatoms. The van der Waals surface area contributed by atoms with Gasteiger partial charge in [-0.1, -0.05) is 23.7 Å². The van der Waals surface area contributed by atoms with Gasteiger partial charge in [0.2, 0.25) is 0 Å². The van der Waals surface area contributed by atoms with Gasteiger partial charge in [-0.25, -0.2) is 9.78 Å². The van der Waals surface area contributed by atoms with Gasteiger partial charge in [0.15, 0.2) is 0 Å². The molecule has 2 amide bonds. The largest absolute Gasteiger partial charge is 0.353 e. The molecule has 2 aromatic rings. The molecular formula is C16H17ClN4O. The number of rotatable bonds is 2. The first-order valence-electron chi connectivity index (χ1n) is 7.20. The number of halogens is 1. The lowest BCUT2D eigenvalue weighted by atomic mass is 10.3. The van der Waals surface area contributed by atoms with Gasteiger partial charge >= 0.3 is 6.03 Å². The van der Waals surface area contributed by atoms with E-state index in [9.17, 15) is 4.79 Å². The van der Waals surface area contributed by atoms with Crippen molar-refractivity contribution >= 4 is 29.1 Å². The maximum absolute atomic E-state index is 12.3. The van der Waals surface area contributed by atoms with Crippen molar-refractivity contribution in [3.05, 3.63) is 53.7 Å². The first kappa shape index (κ1) is 14.7. The van der Waals surface area contributed by atoms with Crippen LogP contribution >= 0.6 is 11.6 Å². The zero-order chi connectivity index (χ0) is 15.4. The summed E-state index contributed by atoms with van der Waals surface area (Å²) in [7, 11) is 0. The third kappa shape index (κ3) is 3.49. The van der Waals surface area contributed by atoms with Crippen molar-refractivity contribution in [2.45, 2.75) is 0 Å². The third-order valence-electron chi connectivity index (χ3n) is 3.62. The van der Waals surface area contributed by atoms with Crippen LogP contribution in [0.15, 0.2) is 48.7 Å².